The van der Waals surface area contributed by atoms with Gasteiger partial charge in [0.2, 0.25) is 5.91 Å². The van der Waals surface area contributed by atoms with E-state index in [1.165, 1.54) is 62.8 Å². The molecule has 10 heteroatoms. The highest BCUT2D eigenvalue weighted by atomic mass is 32.2. The summed E-state index contributed by atoms with van der Waals surface area (Å²) in [6, 6.07) is 13.3. The van der Waals surface area contributed by atoms with Crippen LogP contribution < -0.4 is 20.1 Å². The molecule has 0 unspecified atom stereocenters. The van der Waals surface area contributed by atoms with Crippen LogP contribution in [-0.4, -0.2) is 32.3 Å². The Morgan fingerprint density at radius 2 is 1.58 bits per heavy atom. The van der Waals surface area contributed by atoms with Gasteiger partial charge in [-0.05, 0) is 48.5 Å². The first-order valence-electron chi connectivity index (χ1n) is 9.08. The number of hydrogen-bond acceptors (Lipinski definition) is 6. The SMILES string of the molecule is COc1ccc(NC(C)=O)c(NC(=O)c2ccc(S(=O)(=O)Nc3ccncc3)cc2)c1. The lowest BCUT2D eigenvalue weighted by Gasteiger charge is -2.13. The van der Waals surface area contributed by atoms with Gasteiger partial charge in [-0.15, -0.1) is 0 Å². The summed E-state index contributed by atoms with van der Waals surface area (Å²) in [5.74, 6) is -0.282. The Morgan fingerprint density at radius 3 is 2.19 bits per heavy atom. The number of benzene rings is 2. The Kier molecular flexibility index (Phi) is 6.51. The number of carbonyl (C=O) groups excluding carboxylic acids is 2. The van der Waals surface area contributed by atoms with E-state index in [4.69, 9.17) is 4.74 Å². The number of anilines is 3. The van der Waals surface area contributed by atoms with Crippen LogP contribution in [0.4, 0.5) is 17.1 Å². The van der Waals surface area contributed by atoms with Gasteiger partial charge in [0.15, 0.2) is 0 Å². The minimum absolute atomic E-state index is 0.00109. The van der Waals surface area contributed by atoms with Crippen molar-refractivity contribution in [3.05, 3.63) is 72.6 Å². The van der Waals surface area contributed by atoms with E-state index in [0.29, 0.717) is 22.8 Å². The molecule has 0 aliphatic carbocycles. The molecule has 0 saturated heterocycles. The van der Waals surface area contributed by atoms with E-state index in [1.54, 1.807) is 18.2 Å². The molecule has 0 spiro atoms. The lowest BCUT2D eigenvalue weighted by Crippen LogP contribution is -2.16. The first-order valence-corrected chi connectivity index (χ1v) is 10.6. The van der Waals surface area contributed by atoms with E-state index in [-0.39, 0.29) is 16.4 Å². The van der Waals surface area contributed by atoms with Crippen molar-refractivity contribution in [3.63, 3.8) is 0 Å². The molecule has 0 radical (unpaired) electrons. The monoisotopic (exact) mass is 440 g/mol. The number of methoxy groups -OCH3 is 1. The second-order valence-electron chi connectivity index (χ2n) is 6.41. The molecule has 0 fully saturated rings. The molecule has 3 rings (SSSR count). The standard InChI is InChI=1S/C21H20N4O5S/c1-14(26)23-19-8-5-17(30-2)13-20(19)24-21(27)15-3-6-18(7-4-15)31(28,29)25-16-9-11-22-12-10-16/h3-13H,1-2H3,(H,22,25)(H,23,26)(H,24,27). The second kappa shape index (κ2) is 9.26. The van der Waals surface area contributed by atoms with Gasteiger partial charge in [0, 0.05) is 30.9 Å². The molecule has 160 valence electrons. The van der Waals surface area contributed by atoms with Crippen molar-refractivity contribution in [3.8, 4) is 5.75 Å². The number of pyridine rings is 1. The Bertz CT molecular complexity index is 1200. The molecular weight excluding hydrogens is 420 g/mol. The summed E-state index contributed by atoms with van der Waals surface area (Å²) in [6.07, 6.45) is 2.94. The number of aromatic nitrogens is 1. The van der Waals surface area contributed by atoms with Gasteiger partial charge in [-0.25, -0.2) is 8.42 Å². The molecule has 0 bridgehead atoms. The molecule has 1 aromatic heterocycles. The minimum atomic E-state index is -3.82. The Labute approximate surface area is 179 Å². The third kappa shape index (κ3) is 5.58. The van der Waals surface area contributed by atoms with Crippen molar-refractivity contribution in [1.82, 2.24) is 4.98 Å². The number of nitrogens with zero attached hydrogens (tertiary/aromatic N) is 1. The van der Waals surface area contributed by atoms with E-state index in [0.717, 1.165) is 0 Å². The molecule has 0 aliphatic heterocycles. The van der Waals surface area contributed by atoms with Gasteiger partial charge in [-0.1, -0.05) is 0 Å². The van der Waals surface area contributed by atoms with E-state index in [9.17, 15) is 18.0 Å². The van der Waals surface area contributed by atoms with Gasteiger partial charge in [0.25, 0.3) is 15.9 Å². The predicted molar refractivity (Wildman–Crippen MR) is 117 cm³/mol. The number of sulfonamides is 1. The first-order chi connectivity index (χ1) is 14.8. The zero-order valence-corrected chi connectivity index (χ0v) is 17.6. The molecule has 1 heterocycles. The van der Waals surface area contributed by atoms with E-state index < -0.39 is 15.9 Å². The van der Waals surface area contributed by atoms with Gasteiger partial charge in [0.1, 0.15) is 5.75 Å². The van der Waals surface area contributed by atoms with Crippen LogP contribution in [0.2, 0.25) is 0 Å². The number of hydrogen-bond donors (Lipinski definition) is 3. The van der Waals surface area contributed by atoms with Gasteiger partial charge in [-0.2, -0.15) is 0 Å². The van der Waals surface area contributed by atoms with E-state index in [1.807, 2.05) is 0 Å². The van der Waals surface area contributed by atoms with Crippen LogP contribution in [0.1, 0.15) is 17.3 Å². The van der Waals surface area contributed by atoms with Crippen LogP contribution in [-0.2, 0) is 14.8 Å². The van der Waals surface area contributed by atoms with Crippen LogP contribution in [0.25, 0.3) is 0 Å². The van der Waals surface area contributed by atoms with Gasteiger partial charge >= 0.3 is 0 Å². The van der Waals surface area contributed by atoms with Crippen LogP contribution >= 0.6 is 0 Å². The van der Waals surface area contributed by atoms with Crippen molar-refractivity contribution >= 4 is 38.9 Å². The summed E-state index contributed by atoms with van der Waals surface area (Å²) in [6.45, 7) is 1.36. The topological polar surface area (TPSA) is 126 Å². The second-order valence-corrected chi connectivity index (χ2v) is 8.09. The van der Waals surface area contributed by atoms with Crippen molar-refractivity contribution in [2.75, 3.05) is 22.5 Å². The first kappa shape index (κ1) is 21.8. The van der Waals surface area contributed by atoms with Crippen LogP contribution in [0.15, 0.2) is 71.9 Å². The maximum atomic E-state index is 12.7. The zero-order chi connectivity index (χ0) is 22.4. The highest BCUT2D eigenvalue weighted by Gasteiger charge is 2.16. The summed E-state index contributed by atoms with van der Waals surface area (Å²) in [5, 5.41) is 5.33. The van der Waals surface area contributed by atoms with Crippen molar-refractivity contribution in [2.45, 2.75) is 11.8 Å². The number of carbonyl (C=O) groups is 2. The summed E-state index contributed by atoms with van der Waals surface area (Å²) in [5.41, 5.74) is 1.36. The summed E-state index contributed by atoms with van der Waals surface area (Å²) < 4.78 is 32.6. The highest BCUT2D eigenvalue weighted by molar-refractivity contribution is 7.92. The number of nitrogens with one attached hydrogen (secondary N) is 3. The minimum Gasteiger partial charge on any atom is -0.497 e. The Hall–Kier alpha value is -3.92. The molecular formula is C21H20N4O5S. The normalized spacial score (nSPS) is 10.8. The quantitative estimate of drug-likeness (QED) is 0.518. The fourth-order valence-electron chi connectivity index (χ4n) is 2.67. The van der Waals surface area contributed by atoms with Gasteiger partial charge in [-0.3, -0.25) is 19.3 Å². The van der Waals surface area contributed by atoms with Crippen molar-refractivity contribution in [1.29, 1.82) is 0 Å². The third-order valence-electron chi connectivity index (χ3n) is 4.14. The Balaban J connectivity index is 1.79. The largest absolute Gasteiger partial charge is 0.497 e. The number of amides is 2. The number of rotatable bonds is 7. The van der Waals surface area contributed by atoms with Crippen LogP contribution in [0.3, 0.4) is 0 Å². The predicted octanol–water partition coefficient (Wildman–Crippen LogP) is 3.10. The summed E-state index contributed by atoms with van der Waals surface area (Å²) in [4.78, 5) is 27.9. The average Bonchev–Trinajstić information content (AvgIpc) is 2.75. The molecule has 3 aromatic rings. The highest BCUT2D eigenvalue weighted by Crippen LogP contribution is 2.28. The molecule has 0 saturated carbocycles. The van der Waals surface area contributed by atoms with Crippen molar-refractivity contribution < 1.29 is 22.7 Å². The zero-order valence-electron chi connectivity index (χ0n) is 16.7. The fourth-order valence-corrected chi connectivity index (χ4v) is 3.73. The maximum absolute atomic E-state index is 12.7. The van der Waals surface area contributed by atoms with Crippen molar-refractivity contribution in [2.24, 2.45) is 0 Å². The van der Waals surface area contributed by atoms with E-state index in [2.05, 4.69) is 20.3 Å². The lowest BCUT2D eigenvalue weighted by atomic mass is 10.2. The van der Waals surface area contributed by atoms with Crippen LogP contribution in [0.5, 0.6) is 5.75 Å². The van der Waals surface area contributed by atoms with E-state index >= 15 is 0 Å². The molecule has 3 N–H and O–H groups in total. The summed E-state index contributed by atoms with van der Waals surface area (Å²) >= 11 is 0. The maximum Gasteiger partial charge on any atom is 0.261 e. The average molecular weight is 440 g/mol. The number of ether oxygens (including phenoxy) is 1. The van der Waals surface area contributed by atoms with Crippen LogP contribution in [0, 0.1) is 0 Å². The Morgan fingerprint density at radius 1 is 0.903 bits per heavy atom. The lowest BCUT2D eigenvalue weighted by molar-refractivity contribution is -0.114. The molecule has 31 heavy (non-hydrogen) atoms. The smallest absolute Gasteiger partial charge is 0.261 e. The summed E-state index contributed by atoms with van der Waals surface area (Å²) in [7, 11) is -2.33. The molecule has 2 amide bonds. The van der Waals surface area contributed by atoms with Gasteiger partial charge < -0.3 is 15.4 Å². The fraction of sp³-hybridized carbons (Fsp3) is 0.0952. The van der Waals surface area contributed by atoms with Gasteiger partial charge in [0.05, 0.1) is 29.1 Å². The molecule has 0 atom stereocenters. The molecule has 9 nitrogen and oxygen atoms in total. The molecule has 0 aliphatic rings. The third-order valence-corrected chi connectivity index (χ3v) is 5.54. The molecule has 2 aromatic carbocycles.